The predicted octanol–water partition coefficient (Wildman–Crippen LogP) is 4.92. The summed E-state index contributed by atoms with van der Waals surface area (Å²) in [6, 6.07) is 16.2. The number of nitro groups is 1. The quantitative estimate of drug-likeness (QED) is 0.216. The molecule has 4 rings (SSSR count). The summed E-state index contributed by atoms with van der Waals surface area (Å²) in [6.45, 7) is 0.158. The van der Waals surface area contributed by atoms with Crippen LogP contribution < -0.4 is 10.1 Å². The normalized spacial score (nSPS) is 17.1. The molecule has 1 aliphatic rings. The van der Waals surface area contributed by atoms with Gasteiger partial charge in [-0.2, -0.15) is 5.10 Å². The standard InChI is InChI=1S/C23H22N4O7/c28-22(32-14-15-4-2-1-3-5-15)24-21-13-20(25-26-21)16-6-9-19(12-16)34-23(29)33-18-10-7-17(8-11-18)27(30)31/h1-5,7-8,10-11,13,16,19H,6,9,12,14H2,(H2,24,25,26,28). The number of aromatic nitrogens is 2. The highest BCUT2D eigenvalue weighted by Gasteiger charge is 2.31. The number of nitro benzene ring substituents is 1. The van der Waals surface area contributed by atoms with Crippen LogP contribution in [0.1, 0.15) is 36.4 Å². The van der Waals surface area contributed by atoms with Crippen molar-refractivity contribution < 1.29 is 28.7 Å². The van der Waals surface area contributed by atoms with Crippen LogP contribution >= 0.6 is 0 Å². The number of amides is 1. The van der Waals surface area contributed by atoms with E-state index in [0.29, 0.717) is 18.7 Å². The maximum atomic E-state index is 12.1. The fourth-order valence-corrected chi connectivity index (χ4v) is 3.69. The van der Waals surface area contributed by atoms with Gasteiger partial charge < -0.3 is 14.2 Å². The minimum absolute atomic E-state index is 0.0457. The van der Waals surface area contributed by atoms with Crippen molar-refractivity contribution in [3.05, 3.63) is 82.0 Å². The second-order valence-corrected chi connectivity index (χ2v) is 7.75. The molecule has 0 radical (unpaired) electrons. The van der Waals surface area contributed by atoms with Crippen molar-refractivity contribution in [1.82, 2.24) is 10.2 Å². The summed E-state index contributed by atoms with van der Waals surface area (Å²) in [7, 11) is 0. The Morgan fingerprint density at radius 3 is 2.62 bits per heavy atom. The predicted molar refractivity (Wildman–Crippen MR) is 119 cm³/mol. The van der Waals surface area contributed by atoms with Gasteiger partial charge in [-0.15, -0.1) is 0 Å². The van der Waals surface area contributed by atoms with E-state index in [-0.39, 0.29) is 30.1 Å². The fraction of sp³-hybridized carbons (Fsp3) is 0.261. The van der Waals surface area contributed by atoms with Crippen molar-refractivity contribution in [3.8, 4) is 5.75 Å². The van der Waals surface area contributed by atoms with Crippen molar-refractivity contribution in [2.75, 3.05) is 5.32 Å². The molecule has 2 N–H and O–H groups in total. The zero-order valence-electron chi connectivity index (χ0n) is 18.0. The number of carbonyl (C=O) groups excluding carboxylic acids is 2. The van der Waals surface area contributed by atoms with E-state index in [1.54, 1.807) is 6.07 Å². The van der Waals surface area contributed by atoms with Gasteiger partial charge in [-0.25, -0.2) is 9.59 Å². The molecule has 1 heterocycles. The molecule has 1 fully saturated rings. The Hall–Kier alpha value is -4.41. The molecule has 3 aromatic rings. The van der Waals surface area contributed by atoms with Gasteiger partial charge >= 0.3 is 12.2 Å². The molecule has 0 bridgehead atoms. The van der Waals surface area contributed by atoms with Crippen LogP contribution in [-0.4, -0.2) is 33.5 Å². The first kappa shape index (κ1) is 22.8. The van der Waals surface area contributed by atoms with Crippen LogP contribution in [0.3, 0.4) is 0 Å². The molecule has 2 unspecified atom stereocenters. The average Bonchev–Trinajstić information content (AvgIpc) is 3.48. The van der Waals surface area contributed by atoms with Crippen molar-refractivity contribution in [3.63, 3.8) is 0 Å². The highest BCUT2D eigenvalue weighted by atomic mass is 16.7. The first-order chi connectivity index (χ1) is 16.5. The molecule has 1 amide bonds. The number of hydrogen-bond acceptors (Lipinski definition) is 8. The third-order valence-electron chi connectivity index (χ3n) is 5.36. The van der Waals surface area contributed by atoms with E-state index in [1.807, 2.05) is 30.3 Å². The molecule has 1 aliphatic carbocycles. The van der Waals surface area contributed by atoms with Crippen LogP contribution in [0.5, 0.6) is 5.75 Å². The van der Waals surface area contributed by atoms with Gasteiger partial charge in [0, 0.05) is 24.1 Å². The average molecular weight is 466 g/mol. The second kappa shape index (κ2) is 10.5. The Morgan fingerprint density at radius 2 is 1.88 bits per heavy atom. The van der Waals surface area contributed by atoms with Crippen molar-refractivity contribution in [2.45, 2.75) is 37.9 Å². The summed E-state index contributed by atoms with van der Waals surface area (Å²) in [5.41, 5.74) is 1.52. The zero-order chi connectivity index (χ0) is 23.9. The summed E-state index contributed by atoms with van der Waals surface area (Å²) in [6.07, 6.45) is 0.121. The van der Waals surface area contributed by atoms with E-state index in [4.69, 9.17) is 14.2 Å². The van der Waals surface area contributed by atoms with Crippen LogP contribution in [0.4, 0.5) is 21.1 Å². The minimum atomic E-state index is -0.870. The van der Waals surface area contributed by atoms with Gasteiger partial charge in [0.25, 0.3) is 5.69 Å². The molecule has 2 aromatic carbocycles. The van der Waals surface area contributed by atoms with Crippen molar-refractivity contribution >= 4 is 23.8 Å². The van der Waals surface area contributed by atoms with E-state index >= 15 is 0 Å². The van der Waals surface area contributed by atoms with Crippen LogP contribution in [0.15, 0.2) is 60.7 Å². The molecule has 34 heavy (non-hydrogen) atoms. The second-order valence-electron chi connectivity index (χ2n) is 7.75. The zero-order valence-corrected chi connectivity index (χ0v) is 18.0. The molecule has 0 spiro atoms. The highest BCUT2D eigenvalue weighted by molar-refractivity contribution is 5.83. The molecule has 1 saturated carbocycles. The lowest BCUT2D eigenvalue weighted by Gasteiger charge is -2.12. The third-order valence-corrected chi connectivity index (χ3v) is 5.36. The van der Waals surface area contributed by atoms with Gasteiger partial charge in [-0.05, 0) is 37.0 Å². The molecular weight excluding hydrogens is 444 g/mol. The minimum Gasteiger partial charge on any atom is -0.444 e. The molecule has 0 aliphatic heterocycles. The van der Waals surface area contributed by atoms with Crippen molar-refractivity contribution in [2.24, 2.45) is 0 Å². The Bertz CT molecular complexity index is 1150. The number of hydrogen-bond donors (Lipinski definition) is 2. The van der Waals surface area contributed by atoms with Gasteiger partial charge in [-0.3, -0.25) is 20.5 Å². The first-order valence-corrected chi connectivity index (χ1v) is 10.6. The van der Waals surface area contributed by atoms with Gasteiger partial charge in [0.05, 0.1) is 10.6 Å². The molecule has 2 atom stereocenters. The van der Waals surface area contributed by atoms with E-state index in [9.17, 15) is 19.7 Å². The molecular formula is C23H22N4O7. The van der Waals surface area contributed by atoms with Crippen LogP contribution in [0.2, 0.25) is 0 Å². The number of carbonyl (C=O) groups is 2. The summed E-state index contributed by atoms with van der Waals surface area (Å²) in [5, 5.41) is 20.3. The third kappa shape index (κ3) is 6.09. The van der Waals surface area contributed by atoms with Gasteiger partial charge in [0.2, 0.25) is 0 Å². The molecule has 11 nitrogen and oxygen atoms in total. The van der Waals surface area contributed by atoms with Gasteiger partial charge in [0.15, 0.2) is 0 Å². The maximum absolute atomic E-state index is 12.1. The number of H-pyrrole nitrogens is 1. The van der Waals surface area contributed by atoms with E-state index in [0.717, 1.165) is 17.7 Å². The van der Waals surface area contributed by atoms with E-state index in [2.05, 4.69) is 15.5 Å². The fourth-order valence-electron chi connectivity index (χ4n) is 3.69. The Balaban J connectivity index is 1.22. The van der Waals surface area contributed by atoms with Crippen LogP contribution in [-0.2, 0) is 16.1 Å². The maximum Gasteiger partial charge on any atom is 0.514 e. The number of anilines is 1. The number of nitrogens with one attached hydrogen (secondary N) is 2. The van der Waals surface area contributed by atoms with Gasteiger partial charge in [-0.1, -0.05) is 30.3 Å². The van der Waals surface area contributed by atoms with Gasteiger partial charge in [0.1, 0.15) is 24.3 Å². The molecule has 11 heteroatoms. The van der Waals surface area contributed by atoms with E-state index < -0.39 is 17.2 Å². The highest BCUT2D eigenvalue weighted by Crippen LogP contribution is 2.36. The molecule has 176 valence electrons. The Labute approximate surface area is 194 Å². The number of aromatic amines is 1. The lowest BCUT2D eigenvalue weighted by atomic mass is 10.0. The van der Waals surface area contributed by atoms with Crippen LogP contribution in [0.25, 0.3) is 0 Å². The largest absolute Gasteiger partial charge is 0.514 e. The monoisotopic (exact) mass is 466 g/mol. The number of non-ortho nitro benzene ring substituents is 1. The smallest absolute Gasteiger partial charge is 0.444 e. The van der Waals surface area contributed by atoms with Crippen molar-refractivity contribution in [1.29, 1.82) is 0 Å². The number of ether oxygens (including phenoxy) is 3. The number of rotatable bonds is 7. The summed E-state index contributed by atoms with van der Waals surface area (Å²) >= 11 is 0. The first-order valence-electron chi connectivity index (χ1n) is 10.6. The Morgan fingerprint density at radius 1 is 1.12 bits per heavy atom. The topological polar surface area (TPSA) is 146 Å². The SMILES string of the molecule is O=C(Nc1cc(C2CCC(OC(=O)Oc3ccc([N+](=O)[O-])cc3)C2)n[nH]1)OCc1ccccc1. The van der Waals surface area contributed by atoms with E-state index in [1.165, 1.54) is 24.3 Å². The number of benzene rings is 2. The molecule has 1 aromatic heterocycles. The Kier molecular flexibility index (Phi) is 7.01. The number of nitrogens with zero attached hydrogens (tertiary/aromatic N) is 2. The summed E-state index contributed by atoms with van der Waals surface area (Å²) in [5.74, 6) is 0.617. The lowest BCUT2D eigenvalue weighted by molar-refractivity contribution is -0.384. The molecule has 0 saturated heterocycles. The lowest BCUT2D eigenvalue weighted by Crippen LogP contribution is -2.18. The summed E-state index contributed by atoms with van der Waals surface area (Å²) < 4.78 is 15.6. The summed E-state index contributed by atoms with van der Waals surface area (Å²) in [4.78, 5) is 34.2. The van der Waals surface area contributed by atoms with Crippen LogP contribution in [0, 0.1) is 10.1 Å².